The predicted octanol–water partition coefficient (Wildman–Crippen LogP) is 5.70. The molecule has 1 N–H and O–H groups in total. The smallest absolute Gasteiger partial charge is 0.258 e. The molecule has 230 valence electrons. The van der Waals surface area contributed by atoms with Gasteiger partial charge in [-0.05, 0) is 68.1 Å². The number of phenolic OH excluding ortho intramolecular Hbond substituents is 1. The number of allylic oxidation sites excluding steroid dienone is 2. The van der Waals surface area contributed by atoms with Gasteiger partial charge in [-0.3, -0.25) is 24.1 Å². The van der Waals surface area contributed by atoms with E-state index >= 15 is 0 Å². The molecule has 0 radical (unpaired) electrons. The van der Waals surface area contributed by atoms with Gasteiger partial charge in [-0.2, -0.15) is 0 Å². The van der Waals surface area contributed by atoms with Crippen LogP contribution in [0.1, 0.15) is 31.2 Å². The molecule has 45 heavy (non-hydrogen) atoms. The van der Waals surface area contributed by atoms with Crippen molar-refractivity contribution in [2.24, 2.45) is 17.8 Å². The molecule has 2 aliphatic carbocycles. The van der Waals surface area contributed by atoms with Gasteiger partial charge in [0.2, 0.25) is 11.8 Å². The van der Waals surface area contributed by atoms with E-state index in [1.54, 1.807) is 61.5 Å². The number of hydrogen-bond donors (Lipinski definition) is 1. The number of aromatic hydroxyl groups is 1. The highest BCUT2D eigenvalue weighted by molar-refractivity contribution is 6.58. The summed E-state index contributed by atoms with van der Waals surface area (Å²) in [6.07, 6.45) is 1.75. The number of nitrogens with zero attached hydrogens (tertiary/aromatic N) is 2. The molecule has 4 amide bonds. The maximum absolute atomic E-state index is 14.4. The van der Waals surface area contributed by atoms with Crippen LogP contribution in [0.2, 0.25) is 0 Å². The van der Waals surface area contributed by atoms with Crippen molar-refractivity contribution in [3.63, 3.8) is 0 Å². The first kappa shape index (κ1) is 29.5. The summed E-state index contributed by atoms with van der Waals surface area (Å²) in [4.78, 5) is 54.3. The Labute approximate surface area is 268 Å². The third kappa shape index (κ3) is 3.96. The zero-order valence-corrected chi connectivity index (χ0v) is 25.5. The van der Waals surface area contributed by atoms with Crippen LogP contribution in [0.4, 0.5) is 15.8 Å². The number of phenols is 1. The van der Waals surface area contributed by atoms with E-state index in [0.717, 1.165) is 17.0 Å². The predicted molar refractivity (Wildman–Crippen MR) is 165 cm³/mol. The largest absolute Gasteiger partial charge is 0.504 e. The lowest BCUT2D eigenvalue weighted by Gasteiger charge is -2.50. The lowest BCUT2D eigenvalue weighted by atomic mass is 9.56. The van der Waals surface area contributed by atoms with E-state index < -0.39 is 57.0 Å². The molecular formula is C34H27Cl2FN2O6. The molecule has 0 spiro atoms. The highest BCUT2D eigenvalue weighted by Crippen LogP contribution is 2.66. The van der Waals surface area contributed by atoms with Gasteiger partial charge in [0.25, 0.3) is 11.8 Å². The van der Waals surface area contributed by atoms with Gasteiger partial charge in [0.05, 0.1) is 29.8 Å². The molecule has 4 aliphatic rings. The van der Waals surface area contributed by atoms with E-state index in [4.69, 9.17) is 27.9 Å². The number of carbonyl (C=O) groups excluding carboxylic acids is 4. The molecule has 0 aromatic heterocycles. The van der Waals surface area contributed by atoms with Gasteiger partial charge in [0.15, 0.2) is 21.2 Å². The highest BCUT2D eigenvalue weighted by Gasteiger charge is 2.77. The summed E-state index contributed by atoms with van der Waals surface area (Å²) in [6.45, 7) is 1.99. The summed E-state index contributed by atoms with van der Waals surface area (Å²) < 4.78 is 19.5. The topological polar surface area (TPSA) is 104 Å². The van der Waals surface area contributed by atoms with Crippen molar-refractivity contribution < 1.29 is 33.4 Å². The van der Waals surface area contributed by atoms with Crippen LogP contribution in [0.15, 0.2) is 84.4 Å². The van der Waals surface area contributed by atoms with Crippen molar-refractivity contribution in [2.45, 2.75) is 35.4 Å². The Morgan fingerprint density at radius 1 is 0.867 bits per heavy atom. The van der Waals surface area contributed by atoms with Gasteiger partial charge in [-0.15, -0.1) is 23.2 Å². The standard InChI is InChI=1S/C34H27Cl2FN2O6/c1-2-45-25-10-6-9-23(28(25)40)27-21-15-16-22-26(30(42)38(29(22)41)19-7-4-3-5-8-19)24(21)17-33(35)31(43)39(32(44)34(27,33)36)20-13-11-18(37)12-14-20/h3-15,22,24,26-27,40H,2,16-17H2,1H3/t22-,24+,26-,27+,33+,34-/m0/s1. The van der Waals surface area contributed by atoms with Crippen LogP contribution in [-0.2, 0) is 19.2 Å². The van der Waals surface area contributed by atoms with Crippen molar-refractivity contribution in [2.75, 3.05) is 16.4 Å². The summed E-state index contributed by atoms with van der Waals surface area (Å²) in [6, 6.07) is 18.2. The SMILES string of the molecule is CCOc1cccc([C@H]2C3=CC[C@@H]4C(=O)N(c5ccccc5)C(=O)[C@@H]4[C@@H]3C[C@@]3(Cl)C(=O)N(c4ccc(F)cc4)C(=O)[C@@]23Cl)c1O. The second kappa shape index (κ2) is 10.4. The van der Waals surface area contributed by atoms with E-state index in [9.17, 15) is 28.7 Å². The third-order valence-electron chi connectivity index (χ3n) is 9.55. The number of fused-ring (bicyclic) bond motifs is 4. The van der Waals surface area contributed by atoms with Crippen LogP contribution in [0.3, 0.4) is 0 Å². The van der Waals surface area contributed by atoms with Crippen molar-refractivity contribution in [3.8, 4) is 11.5 Å². The van der Waals surface area contributed by atoms with Crippen LogP contribution < -0.4 is 14.5 Å². The summed E-state index contributed by atoms with van der Waals surface area (Å²) in [7, 11) is 0. The zero-order valence-electron chi connectivity index (χ0n) is 24.0. The molecule has 0 bridgehead atoms. The number of halogens is 3. The fourth-order valence-electron chi connectivity index (χ4n) is 7.62. The molecule has 3 aromatic carbocycles. The van der Waals surface area contributed by atoms with Crippen molar-refractivity contribution in [1.82, 2.24) is 0 Å². The van der Waals surface area contributed by atoms with Gasteiger partial charge in [0, 0.05) is 11.5 Å². The normalized spacial score (nSPS) is 30.6. The molecule has 3 aromatic rings. The van der Waals surface area contributed by atoms with Gasteiger partial charge < -0.3 is 9.84 Å². The average molecular weight is 650 g/mol. The molecular weight excluding hydrogens is 622 g/mol. The van der Waals surface area contributed by atoms with E-state index in [0.29, 0.717) is 11.3 Å². The number of benzene rings is 3. The van der Waals surface area contributed by atoms with Gasteiger partial charge in [-0.1, -0.05) is 42.0 Å². The van der Waals surface area contributed by atoms with Crippen LogP contribution in [0.5, 0.6) is 11.5 Å². The minimum atomic E-state index is -2.16. The Hall–Kier alpha value is -4.21. The fourth-order valence-corrected chi connectivity index (χ4v) is 8.55. The molecule has 0 unspecified atom stereocenters. The molecule has 2 saturated heterocycles. The number of carbonyl (C=O) groups is 4. The number of ether oxygens (including phenoxy) is 1. The van der Waals surface area contributed by atoms with Gasteiger partial charge in [-0.25, -0.2) is 9.29 Å². The lowest BCUT2D eigenvalue weighted by molar-refractivity contribution is -0.125. The third-order valence-corrected chi connectivity index (χ3v) is 11.0. The minimum absolute atomic E-state index is 0.0732. The molecule has 1 saturated carbocycles. The van der Waals surface area contributed by atoms with Crippen LogP contribution in [-0.4, -0.2) is 45.1 Å². The first-order valence-electron chi connectivity index (χ1n) is 14.6. The molecule has 2 aliphatic heterocycles. The molecule has 6 atom stereocenters. The van der Waals surface area contributed by atoms with Crippen molar-refractivity contribution in [1.29, 1.82) is 0 Å². The Morgan fingerprint density at radius 2 is 1.56 bits per heavy atom. The number of amides is 4. The summed E-state index contributed by atoms with van der Waals surface area (Å²) in [5.41, 5.74) is 1.22. The molecule has 7 rings (SSSR count). The fraction of sp³-hybridized carbons (Fsp3) is 0.294. The molecule has 2 heterocycles. The molecule has 11 heteroatoms. The summed E-state index contributed by atoms with van der Waals surface area (Å²) in [5.74, 6) is -6.77. The van der Waals surface area contributed by atoms with Crippen molar-refractivity contribution >= 4 is 58.2 Å². The number of hydrogen-bond acceptors (Lipinski definition) is 6. The number of alkyl halides is 2. The second-order valence-corrected chi connectivity index (χ2v) is 13.0. The van der Waals surface area contributed by atoms with E-state index in [2.05, 4.69) is 0 Å². The maximum atomic E-state index is 14.4. The average Bonchev–Trinajstić information content (AvgIpc) is 3.37. The van der Waals surface area contributed by atoms with Crippen LogP contribution in [0, 0.1) is 23.6 Å². The van der Waals surface area contributed by atoms with Gasteiger partial charge in [0.1, 0.15) is 5.82 Å². The van der Waals surface area contributed by atoms with Crippen molar-refractivity contribution in [3.05, 3.63) is 95.8 Å². The molecule has 8 nitrogen and oxygen atoms in total. The Balaban J connectivity index is 1.42. The first-order valence-corrected chi connectivity index (χ1v) is 15.4. The Morgan fingerprint density at radius 3 is 2.24 bits per heavy atom. The van der Waals surface area contributed by atoms with Crippen LogP contribution >= 0.6 is 23.2 Å². The quantitative estimate of drug-likeness (QED) is 0.216. The second-order valence-electron chi connectivity index (χ2n) is 11.7. The van der Waals surface area contributed by atoms with Crippen LogP contribution in [0.25, 0.3) is 0 Å². The highest BCUT2D eigenvalue weighted by atomic mass is 35.5. The number of para-hydroxylation sites is 2. The molecule has 3 fully saturated rings. The van der Waals surface area contributed by atoms with E-state index in [-0.39, 0.29) is 48.1 Å². The number of anilines is 2. The zero-order chi connectivity index (χ0) is 31.8. The van der Waals surface area contributed by atoms with Gasteiger partial charge >= 0.3 is 0 Å². The maximum Gasteiger partial charge on any atom is 0.258 e. The number of imide groups is 2. The first-order chi connectivity index (χ1) is 21.5. The van der Waals surface area contributed by atoms with E-state index in [1.165, 1.54) is 17.0 Å². The Bertz CT molecular complexity index is 1800. The lowest BCUT2D eigenvalue weighted by Crippen LogP contribution is -2.60. The van der Waals surface area contributed by atoms with E-state index in [1.807, 2.05) is 0 Å². The summed E-state index contributed by atoms with van der Waals surface area (Å²) in [5, 5.41) is 11.5. The Kier molecular flexibility index (Phi) is 6.83. The monoisotopic (exact) mass is 648 g/mol. The number of rotatable bonds is 5. The minimum Gasteiger partial charge on any atom is -0.504 e. The summed E-state index contributed by atoms with van der Waals surface area (Å²) >= 11 is 14.7.